The zero-order valence-corrected chi connectivity index (χ0v) is 29.4. The summed E-state index contributed by atoms with van der Waals surface area (Å²) in [5.74, 6) is 0.826. The lowest BCUT2D eigenvalue weighted by Crippen LogP contribution is -2.44. The summed E-state index contributed by atoms with van der Waals surface area (Å²) in [6.07, 6.45) is 19.3. The highest BCUT2D eigenvalue weighted by Gasteiger charge is 2.37. The van der Waals surface area contributed by atoms with E-state index in [2.05, 4.69) is 62.8 Å². The van der Waals surface area contributed by atoms with Crippen LogP contribution < -0.4 is 5.73 Å². The van der Waals surface area contributed by atoms with Crippen molar-refractivity contribution in [1.29, 1.82) is 0 Å². The molecule has 2 aromatic carbocycles. The molecule has 0 radical (unpaired) electrons. The van der Waals surface area contributed by atoms with E-state index in [0.29, 0.717) is 5.56 Å². The van der Waals surface area contributed by atoms with Crippen molar-refractivity contribution in [2.45, 2.75) is 143 Å². The highest BCUT2D eigenvalue weighted by atomic mass is 16.3. The Morgan fingerprint density at radius 3 is 1.91 bits per heavy atom. The van der Waals surface area contributed by atoms with Crippen LogP contribution in [0.2, 0.25) is 0 Å². The minimum absolute atomic E-state index is 0.0507. The van der Waals surface area contributed by atoms with Gasteiger partial charge in [0.1, 0.15) is 5.82 Å². The van der Waals surface area contributed by atoms with Gasteiger partial charge >= 0.3 is 0 Å². The van der Waals surface area contributed by atoms with Crippen LogP contribution in [0.4, 0.5) is 5.69 Å². The second-order valence-corrected chi connectivity index (χ2v) is 13.2. The number of rotatable bonds is 12. The number of aliphatic imine (C=N–C) groups is 1. The first-order valence-electron chi connectivity index (χ1n) is 17.7. The maximum absolute atomic E-state index is 11.1. The van der Waals surface area contributed by atoms with E-state index in [1.54, 1.807) is 13.0 Å². The summed E-state index contributed by atoms with van der Waals surface area (Å²) in [6, 6.07) is 13.8. The van der Waals surface area contributed by atoms with E-state index >= 15 is 0 Å². The van der Waals surface area contributed by atoms with Gasteiger partial charge in [-0.1, -0.05) is 77.6 Å². The fraction of sp³-hybridized carbons (Fsp3) is 0.550. The number of carbonyl (C=O) groups excluding carboxylic acids is 1. The number of aromatic nitrogens is 2. The molecule has 5 rings (SSSR count). The molecule has 0 aliphatic heterocycles. The van der Waals surface area contributed by atoms with Crippen molar-refractivity contribution in [2.24, 2.45) is 10.7 Å². The predicted octanol–water partition coefficient (Wildman–Crippen LogP) is 10.3. The Morgan fingerprint density at radius 1 is 0.848 bits per heavy atom. The molecule has 0 saturated heterocycles. The van der Waals surface area contributed by atoms with Gasteiger partial charge in [-0.2, -0.15) is 0 Å². The van der Waals surface area contributed by atoms with Gasteiger partial charge in [0.25, 0.3) is 0 Å². The number of aliphatic hydroxyl groups is 1. The summed E-state index contributed by atoms with van der Waals surface area (Å²) in [4.78, 5) is 25.3. The molecule has 250 valence electrons. The van der Waals surface area contributed by atoms with Crippen LogP contribution in [0.1, 0.15) is 152 Å². The largest absolute Gasteiger partial charge is 0.385 e. The number of aryl methyl sites for hydroxylation is 1. The average molecular weight is 627 g/mol. The molecule has 2 fully saturated rings. The van der Waals surface area contributed by atoms with Gasteiger partial charge < -0.3 is 10.8 Å². The lowest BCUT2D eigenvalue weighted by atomic mass is 9.75. The van der Waals surface area contributed by atoms with Crippen molar-refractivity contribution >= 4 is 17.2 Å². The van der Waals surface area contributed by atoms with Gasteiger partial charge in [0.05, 0.1) is 16.8 Å². The third-order valence-corrected chi connectivity index (χ3v) is 9.28. The van der Waals surface area contributed by atoms with Gasteiger partial charge in [0.2, 0.25) is 0 Å². The van der Waals surface area contributed by atoms with Crippen molar-refractivity contribution in [3.63, 3.8) is 0 Å². The van der Waals surface area contributed by atoms with Gasteiger partial charge in [-0.25, -0.2) is 9.97 Å². The second-order valence-electron chi connectivity index (χ2n) is 13.2. The predicted molar refractivity (Wildman–Crippen MR) is 193 cm³/mol. The van der Waals surface area contributed by atoms with Crippen molar-refractivity contribution < 1.29 is 9.90 Å². The molecule has 2 saturated carbocycles. The molecule has 1 heterocycles. The lowest BCUT2D eigenvalue weighted by molar-refractivity contribution is -0.0388. The molecular weight excluding hydrogens is 568 g/mol. The van der Waals surface area contributed by atoms with Crippen LogP contribution in [-0.4, -0.2) is 26.6 Å². The maximum Gasteiger partial charge on any atom is 0.159 e. The molecule has 3 N–H and O–H groups in total. The zero-order valence-electron chi connectivity index (χ0n) is 29.4. The summed E-state index contributed by atoms with van der Waals surface area (Å²) in [5, 5.41) is 10.1. The number of nitrogens with two attached hydrogens (primary N) is 1. The molecule has 2 aliphatic carbocycles. The van der Waals surface area contributed by atoms with Crippen molar-refractivity contribution in [3.05, 3.63) is 77.4 Å². The molecule has 3 aromatic rings. The Labute approximate surface area is 278 Å². The molecule has 6 heteroatoms. The van der Waals surface area contributed by atoms with Crippen LogP contribution in [0.15, 0.2) is 59.9 Å². The molecule has 6 nitrogen and oxygen atoms in total. The number of hydrogen-bond donors (Lipinski definition) is 2. The Balaban J connectivity index is 0.000000265. The van der Waals surface area contributed by atoms with E-state index in [4.69, 9.17) is 10.7 Å². The van der Waals surface area contributed by atoms with E-state index < -0.39 is 5.60 Å². The Kier molecular flexibility index (Phi) is 14.7. The van der Waals surface area contributed by atoms with Crippen LogP contribution >= 0.6 is 0 Å². The van der Waals surface area contributed by atoms with E-state index in [1.807, 2.05) is 30.6 Å². The first-order chi connectivity index (χ1) is 22.1. The maximum atomic E-state index is 11.1. The molecule has 0 amide bonds. The van der Waals surface area contributed by atoms with E-state index in [0.717, 1.165) is 73.1 Å². The first kappa shape index (κ1) is 37.2. The number of benzene rings is 2. The van der Waals surface area contributed by atoms with E-state index in [9.17, 15) is 9.90 Å². The summed E-state index contributed by atoms with van der Waals surface area (Å²) in [7, 11) is 0. The SMILES string of the molecule is CC(=O)c1cccc(C2(O)CCC2)c1.CCCC.CCCCC(CCCC)=Nc1ccc(-c2cnc(C3(N)CCC3)nc2)cc1C. The number of hydrogen-bond acceptors (Lipinski definition) is 6. The molecule has 0 unspecified atom stereocenters. The lowest BCUT2D eigenvalue weighted by Gasteiger charge is -2.37. The smallest absolute Gasteiger partial charge is 0.159 e. The normalized spacial score (nSPS) is 15.6. The fourth-order valence-electron chi connectivity index (χ4n) is 5.47. The van der Waals surface area contributed by atoms with Crippen LogP contribution in [0.3, 0.4) is 0 Å². The van der Waals surface area contributed by atoms with Crippen molar-refractivity contribution in [2.75, 3.05) is 0 Å². The monoisotopic (exact) mass is 626 g/mol. The third kappa shape index (κ3) is 10.4. The van der Waals surface area contributed by atoms with Gasteiger partial charge in [0.15, 0.2) is 5.78 Å². The van der Waals surface area contributed by atoms with Crippen molar-refractivity contribution in [1.82, 2.24) is 9.97 Å². The standard InChI is InChI=1S/C24H34N4.C12H14O2.C4H10/c1-4-6-9-21(10-7-5-2)28-22-12-11-19(15-18(22)3)20-16-26-23(27-17-20)24(25)13-8-14-24;1-9(13)10-4-2-5-11(8-10)12(14)6-3-7-12;1-3-4-2/h11-12,15-17H,4-10,13-14,25H2,1-3H3;2,4-5,8,14H,3,6-7H2,1H3;3-4H2,1-2H3. The first-order valence-corrected chi connectivity index (χ1v) is 17.7. The molecule has 0 bridgehead atoms. The second kappa shape index (κ2) is 18.2. The topological polar surface area (TPSA) is 101 Å². The van der Waals surface area contributed by atoms with Gasteiger partial charge in [0, 0.05) is 29.2 Å². The Morgan fingerprint density at radius 2 is 1.46 bits per heavy atom. The number of carbonyl (C=O) groups is 1. The molecule has 2 aliphatic rings. The summed E-state index contributed by atoms with van der Waals surface area (Å²) >= 11 is 0. The van der Waals surface area contributed by atoms with Crippen LogP contribution in [0, 0.1) is 6.92 Å². The molecular formula is C40H58N4O2. The average Bonchev–Trinajstić information content (AvgIpc) is 3.05. The van der Waals surface area contributed by atoms with Gasteiger partial charge in [-0.05, 0) is 113 Å². The Hall–Kier alpha value is -3.22. The highest BCUT2D eigenvalue weighted by molar-refractivity contribution is 5.94. The van der Waals surface area contributed by atoms with Gasteiger partial charge in [-0.15, -0.1) is 0 Å². The van der Waals surface area contributed by atoms with E-state index in [1.165, 1.54) is 56.2 Å². The zero-order chi connectivity index (χ0) is 33.6. The summed E-state index contributed by atoms with van der Waals surface area (Å²) in [5.41, 5.74) is 12.7. The highest BCUT2D eigenvalue weighted by Crippen LogP contribution is 2.41. The summed E-state index contributed by atoms with van der Waals surface area (Å²) in [6.45, 7) is 12.5. The summed E-state index contributed by atoms with van der Waals surface area (Å²) < 4.78 is 0. The molecule has 0 atom stereocenters. The number of unbranched alkanes of at least 4 members (excludes halogenated alkanes) is 3. The van der Waals surface area contributed by atoms with Crippen LogP contribution in [0.5, 0.6) is 0 Å². The molecule has 46 heavy (non-hydrogen) atoms. The van der Waals surface area contributed by atoms with Crippen LogP contribution in [-0.2, 0) is 11.1 Å². The molecule has 0 spiro atoms. The molecule has 1 aromatic heterocycles. The number of Topliss-reactive ketones (excluding diaryl/α,β-unsaturated/α-hetero) is 1. The van der Waals surface area contributed by atoms with Crippen LogP contribution in [0.25, 0.3) is 11.1 Å². The number of ketones is 1. The Bertz CT molecular complexity index is 1390. The number of nitrogens with zero attached hydrogens (tertiary/aromatic N) is 3. The quantitative estimate of drug-likeness (QED) is 0.154. The third-order valence-electron chi connectivity index (χ3n) is 9.28. The fourth-order valence-corrected chi connectivity index (χ4v) is 5.47. The minimum Gasteiger partial charge on any atom is -0.385 e. The van der Waals surface area contributed by atoms with Crippen molar-refractivity contribution in [3.8, 4) is 11.1 Å². The minimum atomic E-state index is -0.661. The van der Waals surface area contributed by atoms with E-state index in [-0.39, 0.29) is 11.3 Å². The van der Waals surface area contributed by atoms with Gasteiger partial charge in [-0.3, -0.25) is 9.79 Å².